The Labute approximate surface area is 110 Å². The molecular formula is C13H15N3O3. The SMILES string of the molecule is Nc1ccc2c(c1)CN(C1CCC(=O)NC1O)C2=O. The van der Waals surface area contributed by atoms with E-state index in [1.165, 1.54) is 0 Å². The van der Waals surface area contributed by atoms with E-state index in [9.17, 15) is 14.7 Å². The van der Waals surface area contributed by atoms with Crippen molar-refractivity contribution in [3.8, 4) is 0 Å². The number of carbonyl (C=O) groups excluding carboxylic acids is 2. The molecule has 2 aliphatic rings. The van der Waals surface area contributed by atoms with Gasteiger partial charge in [0.25, 0.3) is 5.91 Å². The summed E-state index contributed by atoms with van der Waals surface area (Å²) in [5.74, 6) is -0.299. The number of fused-ring (bicyclic) bond motifs is 1. The molecule has 1 saturated heterocycles. The maximum atomic E-state index is 12.3. The summed E-state index contributed by atoms with van der Waals surface area (Å²) in [5.41, 5.74) is 7.82. The molecule has 0 aromatic heterocycles. The van der Waals surface area contributed by atoms with Crippen LogP contribution in [0.3, 0.4) is 0 Å². The molecule has 0 aliphatic carbocycles. The first-order valence-electron chi connectivity index (χ1n) is 6.23. The van der Waals surface area contributed by atoms with E-state index >= 15 is 0 Å². The van der Waals surface area contributed by atoms with E-state index in [1.54, 1.807) is 23.1 Å². The lowest BCUT2D eigenvalue weighted by Crippen LogP contribution is -2.55. The number of nitrogens with one attached hydrogen (secondary N) is 1. The number of aliphatic hydroxyl groups excluding tert-OH is 1. The fourth-order valence-corrected chi connectivity index (χ4v) is 2.73. The van der Waals surface area contributed by atoms with Crippen molar-refractivity contribution in [2.45, 2.75) is 31.7 Å². The lowest BCUT2D eigenvalue weighted by molar-refractivity contribution is -0.129. The molecule has 0 bridgehead atoms. The third-order valence-electron chi connectivity index (χ3n) is 3.70. The van der Waals surface area contributed by atoms with Gasteiger partial charge in [0.2, 0.25) is 5.91 Å². The van der Waals surface area contributed by atoms with Crippen LogP contribution >= 0.6 is 0 Å². The summed E-state index contributed by atoms with van der Waals surface area (Å²) < 4.78 is 0. The number of carbonyl (C=O) groups is 2. The molecular weight excluding hydrogens is 246 g/mol. The van der Waals surface area contributed by atoms with Gasteiger partial charge in [-0.15, -0.1) is 0 Å². The molecule has 0 radical (unpaired) electrons. The van der Waals surface area contributed by atoms with Gasteiger partial charge in [-0.3, -0.25) is 9.59 Å². The second-order valence-corrected chi connectivity index (χ2v) is 4.97. The molecule has 2 heterocycles. The van der Waals surface area contributed by atoms with Gasteiger partial charge in [-0.1, -0.05) is 0 Å². The number of anilines is 1. The van der Waals surface area contributed by atoms with Crippen LogP contribution in [0.1, 0.15) is 28.8 Å². The predicted molar refractivity (Wildman–Crippen MR) is 67.9 cm³/mol. The highest BCUT2D eigenvalue weighted by Crippen LogP contribution is 2.29. The zero-order valence-corrected chi connectivity index (χ0v) is 10.3. The highest BCUT2D eigenvalue weighted by Gasteiger charge is 2.38. The van der Waals surface area contributed by atoms with Crippen molar-refractivity contribution < 1.29 is 14.7 Å². The Bertz CT molecular complexity index is 558. The molecule has 3 rings (SSSR count). The maximum Gasteiger partial charge on any atom is 0.254 e. The van der Waals surface area contributed by atoms with Crippen LogP contribution in [0.5, 0.6) is 0 Å². The molecule has 6 nitrogen and oxygen atoms in total. The summed E-state index contributed by atoms with van der Waals surface area (Å²) in [4.78, 5) is 25.1. The number of rotatable bonds is 1. The maximum absolute atomic E-state index is 12.3. The van der Waals surface area contributed by atoms with E-state index in [0.29, 0.717) is 30.6 Å². The van der Waals surface area contributed by atoms with Gasteiger partial charge in [0.1, 0.15) is 6.23 Å². The topological polar surface area (TPSA) is 95.7 Å². The fraction of sp³-hybridized carbons (Fsp3) is 0.385. The van der Waals surface area contributed by atoms with Gasteiger partial charge in [-0.25, -0.2) is 0 Å². The number of hydrogen-bond acceptors (Lipinski definition) is 4. The number of hydrogen-bond donors (Lipinski definition) is 3. The van der Waals surface area contributed by atoms with Gasteiger partial charge in [-0.2, -0.15) is 0 Å². The summed E-state index contributed by atoms with van der Waals surface area (Å²) in [6.45, 7) is 0.427. The second kappa shape index (κ2) is 4.24. The number of nitrogens with zero attached hydrogens (tertiary/aromatic N) is 1. The van der Waals surface area contributed by atoms with Gasteiger partial charge in [0.05, 0.1) is 6.04 Å². The molecule has 1 fully saturated rings. The standard InChI is InChI=1S/C13H15N3O3/c14-8-1-2-9-7(5-8)6-16(13(9)19)10-3-4-11(17)15-12(10)18/h1-2,5,10,12,18H,3-4,6,14H2,(H,15,17). The average Bonchev–Trinajstić information content (AvgIpc) is 2.66. The first kappa shape index (κ1) is 12.0. The Hall–Kier alpha value is -2.08. The lowest BCUT2D eigenvalue weighted by Gasteiger charge is -2.35. The summed E-state index contributed by atoms with van der Waals surface area (Å²) in [7, 11) is 0. The average molecular weight is 261 g/mol. The van der Waals surface area contributed by atoms with E-state index in [2.05, 4.69) is 5.32 Å². The van der Waals surface area contributed by atoms with Crippen molar-refractivity contribution in [1.29, 1.82) is 0 Å². The first-order chi connectivity index (χ1) is 9.06. The van der Waals surface area contributed by atoms with Gasteiger partial charge < -0.3 is 21.1 Å². The van der Waals surface area contributed by atoms with Crippen molar-refractivity contribution in [3.05, 3.63) is 29.3 Å². The van der Waals surface area contributed by atoms with Gasteiger partial charge >= 0.3 is 0 Å². The van der Waals surface area contributed by atoms with Crippen LogP contribution in [0, 0.1) is 0 Å². The smallest absolute Gasteiger partial charge is 0.254 e. The number of nitrogen functional groups attached to an aromatic ring is 1. The van der Waals surface area contributed by atoms with Crippen LogP contribution in [-0.2, 0) is 11.3 Å². The Morgan fingerprint density at radius 2 is 2.16 bits per heavy atom. The second-order valence-electron chi connectivity index (χ2n) is 4.97. The fourth-order valence-electron chi connectivity index (χ4n) is 2.73. The van der Waals surface area contributed by atoms with Gasteiger partial charge in [0, 0.05) is 24.2 Å². The van der Waals surface area contributed by atoms with Crippen molar-refractivity contribution in [2.75, 3.05) is 5.73 Å². The number of nitrogens with two attached hydrogens (primary N) is 1. The molecule has 1 aromatic carbocycles. The highest BCUT2D eigenvalue weighted by molar-refractivity contribution is 5.99. The van der Waals surface area contributed by atoms with Crippen LogP contribution < -0.4 is 11.1 Å². The number of benzene rings is 1. The summed E-state index contributed by atoms with van der Waals surface area (Å²) in [5, 5.41) is 12.4. The normalized spacial score (nSPS) is 26.3. The number of amides is 2. The molecule has 0 spiro atoms. The molecule has 2 amide bonds. The quantitative estimate of drug-likeness (QED) is 0.611. The minimum absolute atomic E-state index is 0.116. The van der Waals surface area contributed by atoms with Crippen molar-refractivity contribution in [2.24, 2.45) is 0 Å². The Kier molecular flexibility index (Phi) is 2.67. The molecule has 19 heavy (non-hydrogen) atoms. The predicted octanol–water partition coefficient (Wildman–Crippen LogP) is -0.178. The molecule has 0 saturated carbocycles. The monoisotopic (exact) mass is 261 g/mol. The molecule has 1 aromatic rings. The van der Waals surface area contributed by atoms with Crippen molar-refractivity contribution in [3.63, 3.8) is 0 Å². The van der Waals surface area contributed by atoms with Crippen LogP contribution in [-0.4, -0.2) is 34.1 Å². The van der Waals surface area contributed by atoms with Crippen molar-refractivity contribution >= 4 is 17.5 Å². The zero-order chi connectivity index (χ0) is 13.6. The van der Waals surface area contributed by atoms with Gasteiger partial charge in [-0.05, 0) is 30.2 Å². The van der Waals surface area contributed by atoms with E-state index in [4.69, 9.17) is 5.73 Å². The molecule has 100 valence electrons. The minimum atomic E-state index is -1.00. The highest BCUT2D eigenvalue weighted by atomic mass is 16.3. The summed E-state index contributed by atoms with van der Waals surface area (Å²) in [6, 6.07) is 4.81. The van der Waals surface area contributed by atoms with E-state index in [1.807, 2.05) is 0 Å². The zero-order valence-electron chi connectivity index (χ0n) is 10.3. The lowest BCUT2D eigenvalue weighted by atomic mass is 10.0. The third-order valence-corrected chi connectivity index (χ3v) is 3.70. The van der Waals surface area contributed by atoms with E-state index < -0.39 is 6.23 Å². The number of piperidine rings is 1. The first-order valence-corrected chi connectivity index (χ1v) is 6.23. The Morgan fingerprint density at radius 1 is 1.37 bits per heavy atom. The third kappa shape index (κ3) is 1.94. The minimum Gasteiger partial charge on any atom is -0.399 e. The summed E-state index contributed by atoms with van der Waals surface area (Å²) in [6.07, 6.45) is -0.205. The van der Waals surface area contributed by atoms with Crippen LogP contribution in [0.2, 0.25) is 0 Å². The van der Waals surface area contributed by atoms with E-state index in [0.717, 1.165) is 5.56 Å². The molecule has 2 unspecified atom stereocenters. The van der Waals surface area contributed by atoms with Crippen LogP contribution in [0.4, 0.5) is 5.69 Å². The molecule has 4 N–H and O–H groups in total. The Morgan fingerprint density at radius 3 is 2.89 bits per heavy atom. The Balaban J connectivity index is 1.85. The number of aliphatic hydroxyl groups is 1. The largest absolute Gasteiger partial charge is 0.399 e. The van der Waals surface area contributed by atoms with Crippen LogP contribution in [0.15, 0.2) is 18.2 Å². The molecule has 2 aliphatic heterocycles. The van der Waals surface area contributed by atoms with Crippen molar-refractivity contribution in [1.82, 2.24) is 10.2 Å². The van der Waals surface area contributed by atoms with E-state index in [-0.39, 0.29) is 17.9 Å². The van der Waals surface area contributed by atoms with Gasteiger partial charge in [0.15, 0.2) is 0 Å². The summed E-state index contributed by atoms with van der Waals surface area (Å²) >= 11 is 0. The van der Waals surface area contributed by atoms with Crippen LogP contribution in [0.25, 0.3) is 0 Å². The molecule has 6 heteroatoms. The molecule has 2 atom stereocenters.